The minimum Gasteiger partial charge on any atom is -0.468 e. The Kier molecular flexibility index (Phi) is 4.21. The molecule has 0 aliphatic heterocycles. The summed E-state index contributed by atoms with van der Waals surface area (Å²) in [5.74, 6) is 1.72. The number of nitrogens with one attached hydrogen (secondary N) is 1. The summed E-state index contributed by atoms with van der Waals surface area (Å²) in [5, 5.41) is 3.54. The van der Waals surface area contributed by atoms with E-state index in [0.29, 0.717) is 18.0 Å². The van der Waals surface area contributed by atoms with Gasteiger partial charge in [0, 0.05) is 6.04 Å². The first-order valence-electron chi connectivity index (χ1n) is 5.44. The second kappa shape index (κ2) is 5.20. The third-order valence-corrected chi connectivity index (χ3v) is 2.98. The summed E-state index contributed by atoms with van der Waals surface area (Å²) < 4.78 is 5.35. The smallest absolute Gasteiger partial charge is 0.120 e. The van der Waals surface area contributed by atoms with Gasteiger partial charge in [0.2, 0.25) is 0 Å². The van der Waals surface area contributed by atoms with Crippen molar-refractivity contribution in [2.45, 2.75) is 46.2 Å². The number of hydrogen-bond acceptors (Lipinski definition) is 2. The van der Waals surface area contributed by atoms with Crippen LogP contribution in [0.4, 0.5) is 0 Å². The lowest BCUT2D eigenvalue weighted by Crippen LogP contribution is -2.33. The zero-order valence-electron chi connectivity index (χ0n) is 9.58. The molecule has 0 fully saturated rings. The number of furan rings is 1. The summed E-state index contributed by atoms with van der Waals surface area (Å²) in [6.07, 6.45) is 2.93. The Labute approximate surface area is 86.7 Å². The summed E-state index contributed by atoms with van der Waals surface area (Å²) in [6, 6.07) is 4.77. The molecular weight excluding hydrogens is 174 g/mol. The Hall–Kier alpha value is -0.760. The van der Waals surface area contributed by atoms with E-state index in [1.165, 1.54) is 6.42 Å². The van der Waals surface area contributed by atoms with Gasteiger partial charge >= 0.3 is 0 Å². The highest BCUT2D eigenvalue weighted by atomic mass is 16.3. The fourth-order valence-corrected chi connectivity index (χ4v) is 1.53. The van der Waals surface area contributed by atoms with E-state index < -0.39 is 0 Å². The lowest BCUT2D eigenvalue weighted by Gasteiger charge is -2.23. The Morgan fingerprint density at radius 1 is 1.36 bits per heavy atom. The number of rotatable bonds is 5. The van der Waals surface area contributed by atoms with Gasteiger partial charge in [0.25, 0.3) is 0 Å². The van der Waals surface area contributed by atoms with Crippen LogP contribution in [-0.2, 0) is 0 Å². The maximum atomic E-state index is 5.35. The Balaban J connectivity index is 2.44. The van der Waals surface area contributed by atoms with Crippen LogP contribution in [0.3, 0.4) is 0 Å². The summed E-state index contributed by atoms with van der Waals surface area (Å²) in [7, 11) is 0. The van der Waals surface area contributed by atoms with Crippen LogP contribution < -0.4 is 5.32 Å². The molecule has 0 aromatic carbocycles. The van der Waals surface area contributed by atoms with Crippen LogP contribution in [0.5, 0.6) is 0 Å². The molecule has 1 heterocycles. The van der Waals surface area contributed by atoms with Crippen molar-refractivity contribution in [1.82, 2.24) is 5.32 Å². The van der Waals surface area contributed by atoms with Crippen molar-refractivity contribution < 1.29 is 4.42 Å². The van der Waals surface area contributed by atoms with Crippen LogP contribution in [-0.4, -0.2) is 6.04 Å². The second-order valence-corrected chi connectivity index (χ2v) is 4.08. The monoisotopic (exact) mass is 195 g/mol. The Bertz CT molecular complexity index is 243. The van der Waals surface area contributed by atoms with Crippen LogP contribution in [0.1, 0.15) is 45.9 Å². The highest BCUT2D eigenvalue weighted by Crippen LogP contribution is 2.16. The molecule has 0 saturated heterocycles. The predicted molar refractivity (Wildman–Crippen MR) is 59.2 cm³/mol. The van der Waals surface area contributed by atoms with Gasteiger partial charge in [-0.3, -0.25) is 0 Å². The van der Waals surface area contributed by atoms with Crippen LogP contribution in [0.25, 0.3) is 0 Å². The van der Waals surface area contributed by atoms with Gasteiger partial charge in [0.1, 0.15) is 5.76 Å². The van der Waals surface area contributed by atoms with Crippen LogP contribution >= 0.6 is 0 Å². The minimum atomic E-state index is 0.300. The van der Waals surface area contributed by atoms with Crippen molar-refractivity contribution in [3.8, 4) is 0 Å². The van der Waals surface area contributed by atoms with Crippen molar-refractivity contribution in [2.75, 3.05) is 0 Å². The molecule has 0 bridgehead atoms. The van der Waals surface area contributed by atoms with Gasteiger partial charge in [-0.2, -0.15) is 0 Å². The first-order valence-corrected chi connectivity index (χ1v) is 5.44. The minimum absolute atomic E-state index is 0.300. The highest BCUT2D eigenvalue weighted by molar-refractivity contribution is 5.03. The van der Waals surface area contributed by atoms with Gasteiger partial charge in [0.05, 0.1) is 12.3 Å². The molecule has 80 valence electrons. The fourth-order valence-electron chi connectivity index (χ4n) is 1.53. The Morgan fingerprint density at radius 3 is 2.57 bits per heavy atom. The lowest BCUT2D eigenvalue weighted by molar-refractivity contribution is 0.332. The first kappa shape index (κ1) is 11.3. The summed E-state index contributed by atoms with van der Waals surface area (Å²) in [6.45, 7) is 8.86. The van der Waals surface area contributed by atoms with E-state index in [4.69, 9.17) is 4.42 Å². The quantitative estimate of drug-likeness (QED) is 0.779. The highest BCUT2D eigenvalue weighted by Gasteiger charge is 2.15. The molecule has 1 aromatic rings. The van der Waals surface area contributed by atoms with E-state index in [9.17, 15) is 0 Å². The molecule has 1 N–H and O–H groups in total. The largest absolute Gasteiger partial charge is 0.468 e. The second-order valence-electron chi connectivity index (χ2n) is 4.08. The van der Waals surface area contributed by atoms with E-state index in [1.807, 2.05) is 12.1 Å². The van der Waals surface area contributed by atoms with Crippen LogP contribution in [0.15, 0.2) is 22.8 Å². The zero-order chi connectivity index (χ0) is 10.6. The normalized spacial score (nSPS) is 17.7. The molecule has 2 nitrogen and oxygen atoms in total. The Morgan fingerprint density at radius 2 is 2.07 bits per heavy atom. The van der Waals surface area contributed by atoms with Crippen LogP contribution in [0, 0.1) is 5.92 Å². The van der Waals surface area contributed by atoms with Crippen molar-refractivity contribution in [2.24, 2.45) is 5.92 Å². The van der Waals surface area contributed by atoms with Crippen molar-refractivity contribution in [3.63, 3.8) is 0 Å². The fraction of sp³-hybridized carbons (Fsp3) is 0.667. The van der Waals surface area contributed by atoms with Gasteiger partial charge in [0.15, 0.2) is 0 Å². The number of hydrogen-bond donors (Lipinski definition) is 1. The van der Waals surface area contributed by atoms with Gasteiger partial charge in [-0.15, -0.1) is 0 Å². The summed E-state index contributed by atoms with van der Waals surface area (Å²) in [4.78, 5) is 0. The van der Waals surface area contributed by atoms with Gasteiger partial charge in [-0.25, -0.2) is 0 Å². The van der Waals surface area contributed by atoms with Crippen molar-refractivity contribution >= 4 is 0 Å². The molecule has 1 aromatic heterocycles. The standard InChI is InChI=1S/C12H21NO/c1-5-9(2)10(3)13-11(4)12-7-6-8-14-12/h6-11,13H,5H2,1-4H3. The third kappa shape index (κ3) is 2.88. The van der Waals surface area contributed by atoms with E-state index in [-0.39, 0.29) is 0 Å². The molecule has 3 atom stereocenters. The van der Waals surface area contributed by atoms with Crippen LogP contribution in [0.2, 0.25) is 0 Å². The van der Waals surface area contributed by atoms with Crippen molar-refractivity contribution in [1.29, 1.82) is 0 Å². The van der Waals surface area contributed by atoms with E-state index >= 15 is 0 Å². The maximum absolute atomic E-state index is 5.35. The van der Waals surface area contributed by atoms with Gasteiger partial charge < -0.3 is 9.73 Å². The summed E-state index contributed by atoms with van der Waals surface area (Å²) in [5.41, 5.74) is 0. The molecule has 0 radical (unpaired) electrons. The predicted octanol–water partition coefficient (Wildman–Crippen LogP) is 3.36. The molecule has 3 unspecified atom stereocenters. The molecule has 1 rings (SSSR count). The van der Waals surface area contributed by atoms with E-state index in [0.717, 1.165) is 5.76 Å². The topological polar surface area (TPSA) is 25.2 Å². The molecule has 0 aliphatic rings. The maximum Gasteiger partial charge on any atom is 0.120 e. The average Bonchev–Trinajstić information content (AvgIpc) is 2.69. The molecule has 0 amide bonds. The average molecular weight is 195 g/mol. The molecule has 0 spiro atoms. The summed E-state index contributed by atoms with van der Waals surface area (Å²) >= 11 is 0. The molecule has 2 heteroatoms. The van der Waals surface area contributed by atoms with Crippen molar-refractivity contribution in [3.05, 3.63) is 24.2 Å². The molecule has 0 saturated carbocycles. The third-order valence-electron chi connectivity index (χ3n) is 2.98. The van der Waals surface area contributed by atoms with E-state index in [2.05, 4.69) is 33.0 Å². The molecular formula is C12H21NO. The molecule has 0 aliphatic carbocycles. The molecule has 14 heavy (non-hydrogen) atoms. The SMILES string of the molecule is CCC(C)C(C)NC(C)c1ccco1. The first-order chi connectivity index (χ1) is 6.65. The van der Waals surface area contributed by atoms with Gasteiger partial charge in [-0.1, -0.05) is 20.3 Å². The van der Waals surface area contributed by atoms with E-state index in [1.54, 1.807) is 6.26 Å². The van der Waals surface area contributed by atoms with Gasteiger partial charge in [-0.05, 0) is 31.9 Å². The lowest BCUT2D eigenvalue weighted by atomic mass is 10.00. The zero-order valence-corrected chi connectivity index (χ0v) is 9.58.